The van der Waals surface area contributed by atoms with E-state index >= 15 is 0 Å². The van der Waals surface area contributed by atoms with E-state index in [1.165, 1.54) is 12.1 Å². The molecular weight excluding hydrogens is 412 g/mol. The van der Waals surface area contributed by atoms with Crippen molar-refractivity contribution >= 4 is 5.97 Å². The van der Waals surface area contributed by atoms with E-state index in [9.17, 15) is 13.6 Å². The average molecular weight is 446 g/mol. The number of hydrogen-bond donors (Lipinski definition) is 2. The average Bonchev–Trinajstić information content (AvgIpc) is 2.73. The van der Waals surface area contributed by atoms with Crippen molar-refractivity contribution < 1.29 is 23.4 Å². The van der Waals surface area contributed by atoms with Crippen LogP contribution < -0.4 is 10.1 Å². The molecule has 32 heavy (non-hydrogen) atoms. The van der Waals surface area contributed by atoms with Gasteiger partial charge < -0.3 is 15.2 Å². The Morgan fingerprint density at radius 2 is 1.72 bits per heavy atom. The Balaban J connectivity index is 1.63. The molecule has 1 aliphatic carbocycles. The predicted octanol–water partition coefficient (Wildman–Crippen LogP) is 6.18. The number of hydrogen-bond acceptors (Lipinski definition) is 3. The van der Waals surface area contributed by atoms with Crippen LogP contribution in [0.15, 0.2) is 36.4 Å². The molecule has 4 nitrogen and oxygen atoms in total. The molecule has 2 aromatic rings. The fraction of sp³-hybridized carbons (Fsp3) is 0.500. The van der Waals surface area contributed by atoms with E-state index in [0.717, 1.165) is 37.4 Å². The number of halogens is 2. The lowest BCUT2D eigenvalue weighted by molar-refractivity contribution is -0.136. The zero-order chi connectivity index (χ0) is 23.3. The van der Waals surface area contributed by atoms with Crippen molar-refractivity contribution in [3.63, 3.8) is 0 Å². The van der Waals surface area contributed by atoms with Crippen LogP contribution in [0.4, 0.5) is 8.78 Å². The monoisotopic (exact) mass is 445 g/mol. The third kappa shape index (κ3) is 6.28. The fourth-order valence-electron chi connectivity index (χ4n) is 4.34. The Kier molecular flexibility index (Phi) is 7.88. The Labute approximate surface area is 189 Å². The number of ether oxygens (including phenoxy) is 1. The van der Waals surface area contributed by atoms with Crippen molar-refractivity contribution in [1.82, 2.24) is 5.32 Å². The van der Waals surface area contributed by atoms with Crippen molar-refractivity contribution in [2.75, 3.05) is 6.54 Å². The molecule has 0 spiro atoms. The normalized spacial score (nSPS) is 19.0. The molecule has 3 rings (SSSR count). The highest BCUT2D eigenvalue weighted by molar-refractivity contribution is 5.67. The van der Waals surface area contributed by atoms with E-state index in [2.05, 4.69) is 26.1 Å². The number of carbonyl (C=O) groups is 1. The smallest absolute Gasteiger partial charge is 0.304 e. The van der Waals surface area contributed by atoms with Gasteiger partial charge in [-0.15, -0.1) is 0 Å². The minimum atomic E-state index is -0.961. The van der Waals surface area contributed by atoms with Gasteiger partial charge in [-0.1, -0.05) is 32.9 Å². The summed E-state index contributed by atoms with van der Waals surface area (Å²) in [6.07, 6.45) is 4.49. The summed E-state index contributed by atoms with van der Waals surface area (Å²) in [5.41, 5.74) is 1.18. The molecule has 0 saturated heterocycles. The maximum absolute atomic E-state index is 15.0. The number of benzene rings is 2. The van der Waals surface area contributed by atoms with Crippen LogP contribution in [0.3, 0.4) is 0 Å². The first-order chi connectivity index (χ1) is 15.1. The van der Waals surface area contributed by atoms with Gasteiger partial charge in [0.25, 0.3) is 0 Å². The lowest BCUT2D eigenvalue weighted by Crippen LogP contribution is -2.30. The third-order valence-electron chi connectivity index (χ3n) is 6.37. The lowest BCUT2D eigenvalue weighted by Gasteiger charge is -2.36. The molecule has 1 fully saturated rings. The molecule has 1 saturated carbocycles. The van der Waals surface area contributed by atoms with Crippen molar-refractivity contribution in [3.05, 3.63) is 53.6 Å². The Morgan fingerprint density at radius 1 is 1.06 bits per heavy atom. The van der Waals surface area contributed by atoms with Crippen LogP contribution in [0.1, 0.15) is 58.4 Å². The zero-order valence-corrected chi connectivity index (χ0v) is 19.1. The van der Waals surface area contributed by atoms with E-state index in [-0.39, 0.29) is 31.2 Å². The highest BCUT2D eigenvalue weighted by Crippen LogP contribution is 2.39. The van der Waals surface area contributed by atoms with Crippen LogP contribution in [-0.2, 0) is 11.3 Å². The molecular formula is C26H33F2NO3. The molecule has 2 aromatic carbocycles. The van der Waals surface area contributed by atoms with Gasteiger partial charge in [0.2, 0.25) is 0 Å². The first-order valence-corrected chi connectivity index (χ1v) is 11.3. The molecule has 6 heteroatoms. The van der Waals surface area contributed by atoms with Crippen LogP contribution in [0.2, 0.25) is 0 Å². The lowest BCUT2D eigenvalue weighted by atomic mass is 9.72. The predicted molar refractivity (Wildman–Crippen MR) is 122 cm³/mol. The van der Waals surface area contributed by atoms with Gasteiger partial charge in [0, 0.05) is 24.2 Å². The minimum Gasteiger partial charge on any atom is -0.490 e. The highest BCUT2D eigenvalue weighted by atomic mass is 19.1. The largest absolute Gasteiger partial charge is 0.490 e. The van der Waals surface area contributed by atoms with Gasteiger partial charge in [-0.2, -0.15) is 0 Å². The third-order valence-corrected chi connectivity index (χ3v) is 6.37. The minimum absolute atomic E-state index is 0.0722. The molecule has 1 aliphatic rings. The number of rotatable bonds is 8. The summed E-state index contributed by atoms with van der Waals surface area (Å²) in [7, 11) is 0. The standard InChI is InChI=1S/C26H33F2NO3/c1-26(2,3)18-6-10-20(11-7-18)32-19-8-4-17(5-9-19)21-12-13-23(27)22(25(21)28)16-29-15-14-24(30)31/h4-5,8-9,12-13,18,20,29H,6-7,10-11,14-16H2,1-3H3,(H,30,31)/t18-,20-. The second kappa shape index (κ2) is 10.4. The molecule has 0 aromatic heterocycles. The molecule has 0 aliphatic heterocycles. The maximum atomic E-state index is 15.0. The van der Waals surface area contributed by atoms with Crippen molar-refractivity contribution in [2.45, 2.75) is 65.5 Å². The number of nitrogens with one attached hydrogen (secondary N) is 1. The summed E-state index contributed by atoms with van der Waals surface area (Å²) < 4.78 is 35.3. The SMILES string of the molecule is CC(C)(C)[C@H]1CC[C@H](Oc2ccc(-c3ccc(F)c(CNCCC(=O)O)c3F)cc2)CC1. The molecule has 0 amide bonds. The first-order valence-electron chi connectivity index (χ1n) is 11.3. The molecule has 0 radical (unpaired) electrons. The van der Waals surface area contributed by atoms with Crippen LogP contribution in [0, 0.1) is 23.0 Å². The maximum Gasteiger partial charge on any atom is 0.304 e. The number of aliphatic carboxylic acids is 1. The quantitative estimate of drug-likeness (QED) is 0.477. The summed E-state index contributed by atoms with van der Waals surface area (Å²) in [5.74, 6) is -0.774. The van der Waals surface area contributed by atoms with E-state index in [1.807, 2.05) is 12.1 Å². The van der Waals surface area contributed by atoms with Gasteiger partial charge in [0.05, 0.1) is 12.5 Å². The van der Waals surface area contributed by atoms with Gasteiger partial charge in [-0.3, -0.25) is 4.79 Å². The van der Waals surface area contributed by atoms with Crippen molar-refractivity contribution in [3.8, 4) is 16.9 Å². The molecule has 2 N–H and O–H groups in total. The van der Waals surface area contributed by atoms with Gasteiger partial charge in [0.15, 0.2) is 0 Å². The van der Waals surface area contributed by atoms with Crippen molar-refractivity contribution in [1.29, 1.82) is 0 Å². The summed E-state index contributed by atoms with van der Waals surface area (Å²) in [5, 5.41) is 11.5. The van der Waals surface area contributed by atoms with Gasteiger partial charge in [-0.25, -0.2) is 8.78 Å². The second-order valence-electron chi connectivity index (χ2n) is 9.69. The van der Waals surface area contributed by atoms with Crippen LogP contribution >= 0.6 is 0 Å². The highest BCUT2D eigenvalue weighted by Gasteiger charge is 2.30. The fourth-order valence-corrected chi connectivity index (χ4v) is 4.34. The van der Waals surface area contributed by atoms with Crippen molar-refractivity contribution in [2.24, 2.45) is 11.3 Å². The molecule has 0 unspecified atom stereocenters. The molecule has 174 valence electrons. The van der Waals surface area contributed by atoms with E-state index in [0.29, 0.717) is 16.5 Å². The second-order valence-corrected chi connectivity index (χ2v) is 9.69. The summed E-state index contributed by atoms with van der Waals surface area (Å²) in [6, 6.07) is 9.90. The summed E-state index contributed by atoms with van der Waals surface area (Å²) in [6.45, 7) is 6.95. The van der Waals surface area contributed by atoms with Gasteiger partial charge >= 0.3 is 5.97 Å². The molecule has 0 atom stereocenters. The van der Waals surface area contributed by atoms with Gasteiger partial charge in [-0.05, 0) is 66.8 Å². The van der Waals surface area contributed by atoms with E-state index in [1.54, 1.807) is 12.1 Å². The number of carboxylic acid groups (broad SMARTS) is 1. The van der Waals surface area contributed by atoms with Crippen LogP contribution in [-0.4, -0.2) is 23.7 Å². The molecule has 0 heterocycles. The van der Waals surface area contributed by atoms with Crippen LogP contribution in [0.5, 0.6) is 5.75 Å². The van der Waals surface area contributed by atoms with E-state index < -0.39 is 17.6 Å². The molecule has 0 bridgehead atoms. The van der Waals surface area contributed by atoms with Gasteiger partial charge in [0.1, 0.15) is 17.4 Å². The van der Waals surface area contributed by atoms with E-state index in [4.69, 9.17) is 9.84 Å². The summed E-state index contributed by atoms with van der Waals surface area (Å²) >= 11 is 0. The number of carboxylic acids is 1. The topological polar surface area (TPSA) is 58.6 Å². The Hall–Kier alpha value is -2.47. The van der Waals surface area contributed by atoms with Crippen LogP contribution in [0.25, 0.3) is 11.1 Å². The zero-order valence-electron chi connectivity index (χ0n) is 19.1. The Bertz CT molecular complexity index is 914. The summed E-state index contributed by atoms with van der Waals surface area (Å²) in [4.78, 5) is 10.6. The Morgan fingerprint density at radius 3 is 2.31 bits per heavy atom. The first kappa shape index (κ1) is 24.2.